The number of benzene rings is 1. The van der Waals surface area contributed by atoms with Crippen molar-refractivity contribution >= 4 is 23.6 Å². The van der Waals surface area contributed by atoms with Gasteiger partial charge in [-0.25, -0.2) is 4.79 Å². The third-order valence-electron chi connectivity index (χ3n) is 2.01. The summed E-state index contributed by atoms with van der Waals surface area (Å²) < 4.78 is 4.58. The van der Waals surface area contributed by atoms with E-state index in [2.05, 4.69) is 10.1 Å². The molecular weight excluding hydrogens is 250 g/mol. The Morgan fingerprint density at radius 2 is 2.00 bits per heavy atom. The smallest absolute Gasteiger partial charge is 0.355 e. The SMILES string of the molecule is COC(=O)C(=CSCc1ccccc1)NC(C)=O. The van der Waals surface area contributed by atoms with Crippen molar-refractivity contribution in [2.45, 2.75) is 12.7 Å². The van der Waals surface area contributed by atoms with Crippen molar-refractivity contribution < 1.29 is 14.3 Å². The van der Waals surface area contributed by atoms with E-state index in [9.17, 15) is 9.59 Å². The fourth-order valence-electron chi connectivity index (χ4n) is 1.22. The van der Waals surface area contributed by atoms with E-state index in [1.807, 2.05) is 30.3 Å². The molecule has 0 atom stereocenters. The molecule has 0 aliphatic heterocycles. The van der Waals surface area contributed by atoms with Gasteiger partial charge in [0, 0.05) is 18.1 Å². The maximum atomic E-state index is 11.4. The highest BCUT2D eigenvalue weighted by atomic mass is 32.2. The summed E-state index contributed by atoms with van der Waals surface area (Å²) in [7, 11) is 1.28. The Hall–Kier alpha value is -1.75. The van der Waals surface area contributed by atoms with Gasteiger partial charge in [0.05, 0.1) is 7.11 Å². The Morgan fingerprint density at radius 3 is 2.56 bits per heavy atom. The zero-order chi connectivity index (χ0) is 13.4. The van der Waals surface area contributed by atoms with Gasteiger partial charge in [-0.3, -0.25) is 4.79 Å². The number of nitrogens with one attached hydrogen (secondary N) is 1. The van der Waals surface area contributed by atoms with Gasteiger partial charge in [0.1, 0.15) is 5.70 Å². The van der Waals surface area contributed by atoms with Gasteiger partial charge in [0.25, 0.3) is 0 Å². The molecule has 0 radical (unpaired) electrons. The van der Waals surface area contributed by atoms with E-state index in [4.69, 9.17) is 0 Å². The van der Waals surface area contributed by atoms with Crippen LogP contribution in [0.3, 0.4) is 0 Å². The molecule has 96 valence electrons. The lowest BCUT2D eigenvalue weighted by molar-refractivity contribution is -0.137. The van der Waals surface area contributed by atoms with Crippen LogP contribution in [0, 0.1) is 0 Å². The maximum Gasteiger partial charge on any atom is 0.355 e. The third kappa shape index (κ3) is 5.05. The number of hydrogen-bond acceptors (Lipinski definition) is 4. The monoisotopic (exact) mass is 265 g/mol. The molecule has 0 fully saturated rings. The first-order chi connectivity index (χ1) is 8.63. The van der Waals surface area contributed by atoms with Crippen LogP contribution >= 0.6 is 11.8 Å². The van der Waals surface area contributed by atoms with Crippen LogP contribution in [0.5, 0.6) is 0 Å². The third-order valence-corrected chi connectivity index (χ3v) is 2.91. The van der Waals surface area contributed by atoms with Crippen molar-refractivity contribution in [3.05, 3.63) is 47.0 Å². The molecule has 0 saturated carbocycles. The number of thioether (sulfide) groups is 1. The molecule has 0 bridgehead atoms. The summed E-state index contributed by atoms with van der Waals surface area (Å²) in [5, 5.41) is 4.04. The van der Waals surface area contributed by atoms with E-state index in [0.29, 0.717) is 0 Å². The molecule has 1 rings (SSSR count). The zero-order valence-electron chi connectivity index (χ0n) is 10.3. The predicted molar refractivity (Wildman–Crippen MR) is 71.7 cm³/mol. The Labute approximate surface area is 110 Å². The molecular formula is C13H15NO3S. The number of esters is 1. The predicted octanol–water partition coefficient (Wildman–Crippen LogP) is 2.07. The standard InChI is InChI=1S/C13H15NO3S/c1-10(15)14-12(13(16)17-2)9-18-8-11-6-4-3-5-7-11/h3-7,9H,8H2,1-2H3,(H,14,15). The molecule has 1 aromatic rings. The lowest BCUT2D eigenvalue weighted by Crippen LogP contribution is -2.25. The van der Waals surface area contributed by atoms with Crippen LogP contribution in [0.2, 0.25) is 0 Å². The lowest BCUT2D eigenvalue weighted by Gasteiger charge is -2.05. The fraction of sp³-hybridized carbons (Fsp3) is 0.231. The van der Waals surface area contributed by atoms with E-state index in [1.165, 1.54) is 25.8 Å². The highest BCUT2D eigenvalue weighted by molar-refractivity contribution is 8.01. The van der Waals surface area contributed by atoms with Gasteiger partial charge in [-0.15, -0.1) is 11.8 Å². The summed E-state index contributed by atoms with van der Waals surface area (Å²) >= 11 is 1.42. The summed E-state index contributed by atoms with van der Waals surface area (Å²) in [5.41, 5.74) is 1.30. The summed E-state index contributed by atoms with van der Waals surface area (Å²) in [6, 6.07) is 9.85. The minimum atomic E-state index is -0.550. The Kier molecular flexibility index (Phi) is 6.00. The Balaban J connectivity index is 2.60. The average Bonchev–Trinajstić information content (AvgIpc) is 2.37. The van der Waals surface area contributed by atoms with Gasteiger partial charge >= 0.3 is 5.97 Å². The van der Waals surface area contributed by atoms with Gasteiger partial charge in [0.2, 0.25) is 5.91 Å². The number of rotatable bonds is 5. The number of carbonyl (C=O) groups is 2. The van der Waals surface area contributed by atoms with Crippen molar-refractivity contribution in [1.82, 2.24) is 5.32 Å². The van der Waals surface area contributed by atoms with E-state index in [1.54, 1.807) is 5.41 Å². The van der Waals surface area contributed by atoms with E-state index >= 15 is 0 Å². The molecule has 4 nitrogen and oxygen atoms in total. The molecule has 0 heterocycles. The molecule has 1 aromatic carbocycles. The first-order valence-electron chi connectivity index (χ1n) is 5.35. The molecule has 0 saturated heterocycles. The van der Waals surface area contributed by atoms with E-state index < -0.39 is 5.97 Å². The van der Waals surface area contributed by atoms with Crippen LogP contribution in [0.15, 0.2) is 41.4 Å². The highest BCUT2D eigenvalue weighted by Gasteiger charge is 2.10. The normalized spacial score (nSPS) is 10.9. The summed E-state index contributed by atoms with van der Waals surface area (Å²) in [5.74, 6) is -0.126. The lowest BCUT2D eigenvalue weighted by atomic mass is 10.2. The van der Waals surface area contributed by atoms with Crippen LogP contribution in [-0.4, -0.2) is 19.0 Å². The van der Waals surface area contributed by atoms with Crippen LogP contribution in [0.25, 0.3) is 0 Å². The Bertz CT molecular complexity index is 443. The van der Waals surface area contributed by atoms with Crippen molar-refractivity contribution in [1.29, 1.82) is 0 Å². The molecule has 0 aliphatic carbocycles. The van der Waals surface area contributed by atoms with E-state index in [-0.39, 0.29) is 11.6 Å². The highest BCUT2D eigenvalue weighted by Crippen LogP contribution is 2.14. The molecule has 18 heavy (non-hydrogen) atoms. The number of amides is 1. The minimum Gasteiger partial charge on any atom is -0.464 e. The van der Waals surface area contributed by atoms with Crippen LogP contribution in [0.4, 0.5) is 0 Å². The number of methoxy groups -OCH3 is 1. The molecule has 1 amide bonds. The zero-order valence-corrected chi connectivity index (χ0v) is 11.1. The fourth-order valence-corrected chi connectivity index (χ4v) is 2.01. The summed E-state index contributed by atoms with van der Waals surface area (Å²) in [4.78, 5) is 22.3. The second kappa shape index (κ2) is 7.55. The van der Waals surface area contributed by atoms with Crippen LogP contribution in [0.1, 0.15) is 12.5 Å². The molecule has 5 heteroatoms. The summed E-state index contributed by atoms with van der Waals surface area (Å²) in [6.45, 7) is 1.35. The quantitative estimate of drug-likeness (QED) is 0.654. The summed E-state index contributed by atoms with van der Waals surface area (Å²) in [6.07, 6.45) is 0. The van der Waals surface area contributed by atoms with E-state index in [0.717, 1.165) is 11.3 Å². The molecule has 0 aliphatic rings. The second-order valence-electron chi connectivity index (χ2n) is 3.50. The largest absolute Gasteiger partial charge is 0.464 e. The maximum absolute atomic E-state index is 11.4. The van der Waals surface area contributed by atoms with Gasteiger partial charge in [-0.1, -0.05) is 30.3 Å². The first kappa shape index (κ1) is 14.3. The van der Waals surface area contributed by atoms with Gasteiger partial charge < -0.3 is 10.1 Å². The first-order valence-corrected chi connectivity index (χ1v) is 6.40. The molecule has 0 unspecified atom stereocenters. The van der Waals surface area contributed by atoms with Gasteiger partial charge in [-0.05, 0) is 5.56 Å². The van der Waals surface area contributed by atoms with Crippen LogP contribution in [-0.2, 0) is 20.1 Å². The topological polar surface area (TPSA) is 55.4 Å². The van der Waals surface area contributed by atoms with Crippen molar-refractivity contribution in [3.63, 3.8) is 0 Å². The van der Waals surface area contributed by atoms with Gasteiger partial charge in [0.15, 0.2) is 0 Å². The Morgan fingerprint density at radius 1 is 1.33 bits per heavy atom. The van der Waals surface area contributed by atoms with Crippen LogP contribution < -0.4 is 5.32 Å². The number of carbonyl (C=O) groups excluding carboxylic acids is 2. The average molecular weight is 265 g/mol. The molecule has 1 N–H and O–H groups in total. The number of ether oxygens (including phenoxy) is 1. The molecule has 0 spiro atoms. The van der Waals surface area contributed by atoms with Gasteiger partial charge in [-0.2, -0.15) is 0 Å². The minimum absolute atomic E-state index is 0.158. The molecule has 0 aromatic heterocycles. The van der Waals surface area contributed by atoms with Crippen molar-refractivity contribution in [2.75, 3.05) is 7.11 Å². The number of hydrogen-bond donors (Lipinski definition) is 1. The van der Waals surface area contributed by atoms with Crippen molar-refractivity contribution in [2.24, 2.45) is 0 Å². The van der Waals surface area contributed by atoms with Crippen molar-refractivity contribution in [3.8, 4) is 0 Å². The second-order valence-corrected chi connectivity index (χ2v) is 4.36.